The van der Waals surface area contributed by atoms with Gasteiger partial charge in [0.1, 0.15) is 16.8 Å². The van der Waals surface area contributed by atoms with Crippen LogP contribution in [0, 0.1) is 16.0 Å². The van der Waals surface area contributed by atoms with Gasteiger partial charge in [0.05, 0.1) is 12.0 Å². The second-order valence-electron chi connectivity index (χ2n) is 7.40. The maximum absolute atomic E-state index is 12.9. The van der Waals surface area contributed by atoms with E-state index in [-0.39, 0.29) is 11.6 Å². The molecule has 0 fully saturated rings. The standard InChI is InChI=1S/C22H24N6O5S/c1-4-13(2)18(24-21(30)23-15-7-9-16(10-8-15)28(31)32)19(29)25-22-27-26-20(34-22)14-5-11-17(33-3)12-6-14/h5-13,18H,4H2,1-3H3,(H2,23,24,30)(H,25,27,29)/t13-,18-/m0/s1. The van der Waals surface area contributed by atoms with Crippen LogP contribution in [0.1, 0.15) is 20.3 Å². The summed E-state index contributed by atoms with van der Waals surface area (Å²) in [5.74, 6) is 0.124. The number of carbonyl (C=O) groups is 2. The van der Waals surface area contributed by atoms with Gasteiger partial charge >= 0.3 is 6.03 Å². The molecule has 178 valence electrons. The summed E-state index contributed by atoms with van der Waals surface area (Å²) in [5, 5.41) is 27.8. The topological polar surface area (TPSA) is 148 Å². The number of aromatic nitrogens is 2. The van der Waals surface area contributed by atoms with Gasteiger partial charge in [-0.1, -0.05) is 31.6 Å². The SMILES string of the molecule is CC[C@H](C)[C@H](NC(=O)Nc1ccc([N+](=O)[O-])cc1)C(=O)Nc1nnc(-c2ccc(OC)cc2)s1. The molecule has 3 N–H and O–H groups in total. The van der Waals surface area contributed by atoms with Gasteiger partial charge in [0.15, 0.2) is 0 Å². The van der Waals surface area contributed by atoms with Crippen molar-refractivity contribution >= 4 is 39.8 Å². The van der Waals surface area contributed by atoms with Crippen LogP contribution in [0.25, 0.3) is 10.6 Å². The van der Waals surface area contributed by atoms with Crippen LogP contribution in [0.4, 0.5) is 21.3 Å². The molecule has 2 atom stereocenters. The van der Waals surface area contributed by atoms with E-state index in [4.69, 9.17) is 4.74 Å². The Hall–Kier alpha value is -4.06. The molecule has 34 heavy (non-hydrogen) atoms. The molecule has 0 saturated carbocycles. The molecule has 12 heteroatoms. The maximum Gasteiger partial charge on any atom is 0.319 e. The normalized spacial score (nSPS) is 12.3. The third-order valence-electron chi connectivity index (χ3n) is 5.11. The second-order valence-corrected chi connectivity index (χ2v) is 8.37. The van der Waals surface area contributed by atoms with Gasteiger partial charge in [-0.05, 0) is 42.3 Å². The first-order chi connectivity index (χ1) is 16.3. The van der Waals surface area contributed by atoms with Crippen LogP contribution >= 0.6 is 11.3 Å². The van der Waals surface area contributed by atoms with Gasteiger partial charge in [-0.3, -0.25) is 20.2 Å². The third kappa shape index (κ3) is 6.25. The lowest BCUT2D eigenvalue weighted by Gasteiger charge is -2.23. The number of carbonyl (C=O) groups excluding carboxylic acids is 2. The number of amides is 3. The molecule has 3 aromatic rings. The van der Waals surface area contributed by atoms with Crippen molar-refractivity contribution in [1.82, 2.24) is 15.5 Å². The molecule has 2 aromatic carbocycles. The molecule has 0 spiro atoms. The van der Waals surface area contributed by atoms with E-state index in [2.05, 4.69) is 26.1 Å². The minimum absolute atomic E-state index is 0.0890. The number of nitro benzene ring substituents is 1. The minimum atomic E-state index is -0.837. The molecule has 0 saturated heterocycles. The number of benzene rings is 2. The van der Waals surface area contributed by atoms with E-state index in [0.29, 0.717) is 22.2 Å². The number of hydrogen-bond acceptors (Lipinski definition) is 8. The predicted octanol–water partition coefficient (Wildman–Crippen LogP) is 4.30. The summed E-state index contributed by atoms with van der Waals surface area (Å²) in [6.07, 6.45) is 0.642. The van der Waals surface area contributed by atoms with Gasteiger partial charge < -0.3 is 15.4 Å². The lowest BCUT2D eigenvalue weighted by Crippen LogP contribution is -2.49. The zero-order chi connectivity index (χ0) is 24.7. The Balaban J connectivity index is 1.65. The summed E-state index contributed by atoms with van der Waals surface area (Å²) in [6.45, 7) is 3.76. The number of anilines is 2. The smallest absolute Gasteiger partial charge is 0.319 e. The molecule has 3 rings (SSSR count). The van der Waals surface area contributed by atoms with E-state index in [1.807, 2.05) is 26.0 Å². The monoisotopic (exact) mass is 484 g/mol. The molecule has 0 aliphatic rings. The Kier molecular flexibility index (Phi) is 8.09. The maximum atomic E-state index is 12.9. The average molecular weight is 485 g/mol. The van der Waals surface area contributed by atoms with Crippen molar-refractivity contribution < 1.29 is 19.2 Å². The number of non-ortho nitro benzene ring substituents is 1. The van der Waals surface area contributed by atoms with Crippen molar-refractivity contribution in [3.8, 4) is 16.3 Å². The predicted molar refractivity (Wildman–Crippen MR) is 129 cm³/mol. The molecule has 0 radical (unpaired) electrons. The highest BCUT2D eigenvalue weighted by molar-refractivity contribution is 7.18. The fraction of sp³-hybridized carbons (Fsp3) is 0.273. The zero-order valence-electron chi connectivity index (χ0n) is 18.8. The largest absolute Gasteiger partial charge is 0.497 e. The van der Waals surface area contributed by atoms with Gasteiger partial charge in [0.2, 0.25) is 11.0 Å². The van der Waals surface area contributed by atoms with E-state index < -0.39 is 22.9 Å². The van der Waals surface area contributed by atoms with Gasteiger partial charge in [0, 0.05) is 23.4 Å². The van der Waals surface area contributed by atoms with E-state index in [0.717, 1.165) is 11.3 Å². The van der Waals surface area contributed by atoms with Gasteiger partial charge in [-0.25, -0.2) is 4.79 Å². The molecule has 0 aliphatic heterocycles. The lowest BCUT2D eigenvalue weighted by atomic mass is 9.98. The first-order valence-corrected chi connectivity index (χ1v) is 11.2. The Morgan fingerprint density at radius 1 is 1.09 bits per heavy atom. The highest BCUT2D eigenvalue weighted by Crippen LogP contribution is 2.28. The van der Waals surface area contributed by atoms with E-state index >= 15 is 0 Å². The van der Waals surface area contributed by atoms with Crippen LogP contribution in [0.15, 0.2) is 48.5 Å². The number of ether oxygens (including phenoxy) is 1. The van der Waals surface area contributed by atoms with Crippen LogP contribution in [-0.2, 0) is 4.79 Å². The van der Waals surface area contributed by atoms with Gasteiger partial charge in [-0.15, -0.1) is 10.2 Å². The fourth-order valence-corrected chi connectivity index (χ4v) is 3.74. The Bertz CT molecular complexity index is 1150. The average Bonchev–Trinajstić information content (AvgIpc) is 3.30. The summed E-state index contributed by atoms with van der Waals surface area (Å²) < 4.78 is 5.15. The molecule has 3 amide bonds. The summed E-state index contributed by atoms with van der Waals surface area (Å²) in [7, 11) is 1.58. The van der Waals surface area contributed by atoms with Crippen LogP contribution in [-0.4, -0.2) is 40.2 Å². The van der Waals surface area contributed by atoms with E-state index in [9.17, 15) is 19.7 Å². The number of nitro groups is 1. The van der Waals surface area contributed by atoms with Crippen molar-refractivity contribution in [2.75, 3.05) is 17.7 Å². The van der Waals surface area contributed by atoms with Gasteiger partial charge in [0.25, 0.3) is 5.69 Å². The molecule has 1 heterocycles. The van der Waals surface area contributed by atoms with Crippen molar-refractivity contribution in [2.24, 2.45) is 5.92 Å². The summed E-state index contributed by atoms with van der Waals surface area (Å²) in [5.41, 5.74) is 1.10. The van der Waals surface area contributed by atoms with Crippen LogP contribution in [0.2, 0.25) is 0 Å². The van der Waals surface area contributed by atoms with Crippen molar-refractivity contribution in [2.45, 2.75) is 26.3 Å². The Labute approximate surface area is 199 Å². The zero-order valence-corrected chi connectivity index (χ0v) is 19.6. The van der Waals surface area contributed by atoms with Crippen LogP contribution in [0.3, 0.4) is 0 Å². The van der Waals surface area contributed by atoms with Crippen molar-refractivity contribution in [3.63, 3.8) is 0 Å². The summed E-state index contributed by atoms with van der Waals surface area (Å²) in [6, 6.07) is 11.3. The number of nitrogens with zero attached hydrogens (tertiary/aromatic N) is 3. The molecular weight excluding hydrogens is 460 g/mol. The molecule has 11 nitrogen and oxygen atoms in total. The summed E-state index contributed by atoms with van der Waals surface area (Å²) >= 11 is 1.21. The number of rotatable bonds is 9. The first kappa shape index (κ1) is 24.6. The number of hydrogen-bond donors (Lipinski definition) is 3. The minimum Gasteiger partial charge on any atom is -0.497 e. The van der Waals surface area contributed by atoms with Crippen LogP contribution < -0.4 is 20.7 Å². The van der Waals surface area contributed by atoms with E-state index in [1.165, 1.54) is 35.6 Å². The molecule has 0 aliphatic carbocycles. The lowest BCUT2D eigenvalue weighted by molar-refractivity contribution is -0.384. The molecular formula is C22H24N6O5S. The molecule has 1 aromatic heterocycles. The van der Waals surface area contributed by atoms with Gasteiger partial charge in [-0.2, -0.15) is 0 Å². The molecule has 0 bridgehead atoms. The summed E-state index contributed by atoms with van der Waals surface area (Å²) in [4.78, 5) is 35.7. The highest BCUT2D eigenvalue weighted by Gasteiger charge is 2.27. The van der Waals surface area contributed by atoms with E-state index in [1.54, 1.807) is 19.2 Å². The van der Waals surface area contributed by atoms with Crippen molar-refractivity contribution in [3.05, 3.63) is 58.6 Å². The number of methoxy groups -OCH3 is 1. The van der Waals surface area contributed by atoms with Crippen LogP contribution in [0.5, 0.6) is 5.75 Å². The van der Waals surface area contributed by atoms with Crippen molar-refractivity contribution in [1.29, 1.82) is 0 Å². The first-order valence-electron chi connectivity index (χ1n) is 10.4. The fourth-order valence-electron chi connectivity index (χ4n) is 2.98. The number of nitrogens with one attached hydrogen (secondary N) is 3. The number of urea groups is 1. The molecule has 0 unspecified atom stereocenters. The quantitative estimate of drug-likeness (QED) is 0.303. The second kappa shape index (κ2) is 11.2. The third-order valence-corrected chi connectivity index (χ3v) is 6.00. The Morgan fingerprint density at radius 3 is 2.35 bits per heavy atom. The highest BCUT2D eigenvalue weighted by atomic mass is 32.1. The Morgan fingerprint density at radius 2 is 1.76 bits per heavy atom.